The van der Waals surface area contributed by atoms with E-state index in [1.807, 2.05) is 30.3 Å². The van der Waals surface area contributed by atoms with Crippen LogP contribution in [0.4, 0.5) is 0 Å². The van der Waals surface area contributed by atoms with Crippen molar-refractivity contribution in [3.63, 3.8) is 0 Å². The molecule has 0 unspecified atom stereocenters. The monoisotopic (exact) mass is 294 g/mol. The van der Waals surface area contributed by atoms with E-state index in [9.17, 15) is 9.90 Å². The second-order valence-corrected chi connectivity index (χ2v) is 4.81. The van der Waals surface area contributed by atoms with Crippen molar-refractivity contribution in [3.05, 3.63) is 65.6 Å². The normalized spacial score (nSPS) is 11.1. The molecule has 5 heteroatoms. The van der Waals surface area contributed by atoms with E-state index in [1.54, 1.807) is 19.1 Å². The quantitative estimate of drug-likeness (QED) is 0.575. The Morgan fingerprint density at radius 2 is 2.05 bits per heavy atom. The van der Waals surface area contributed by atoms with E-state index in [0.29, 0.717) is 16.9 Å². The first kappa shape index (κ1) is 13.9. The minimum Gasteiger partial charge on any atom is -0.507 e. The van der Waals surface area contributed by atoms with E-state index in [4.69, 9.17) is 4.42 Å². The maximum absolute atomic E-state index is 11.9. The number of nitrogens with one attached hydrogen (secondary N) is 1. The summed E-state index contributed by atoms with van der Waals surface area (Å²) >= 11 is 0. The number of carbonyl (C=O) groups is 1. The number of phenols is 1. The van der Waals surface area contributed by atoms with Crippen molar-refractivity contribution in [1.29, 1.82) is 0 Å². The second-order valence-electron chi connectivity index (χ2n) is 4.81. The highest BCUT2D eigenvalue weighted by atomic mass is 16.3. The minimum atomic E-state index is -0.359. The first-order valence-corrected chi connectivity index (χ1v) is 6.75. The van der Waals surface area contributed by atoms with Crippen molar-refractivity contribution >= 4 is 22.9 Å². The molecule has 0 aliphatic carbocycles. The van der Waals surface area contributed by atoms with Crippen LogP contribution in [0.1, 0.15) is 21.7 Å². The summed E-state index contributed by atoms with van der Waals surface area (Å²) in [7, 11) is 0. The third kappa shape index (κ3) is 2.56. The van der Waals surface area contributed by atoms with Crippen molar-refractivity contribution in [1.82, 2.24) is 5.43 Å². The highest BCUT2D eigenvalue weighted by Gasteiger charge is 2.10. The zero-order valence-corrected chi connectivity index (χ0v) is 11.9. The molecule has 0 fully saturated rings. The molecule has 0 saturated heterocycles. The van der Waals surface area contributed by atoms with Gasteiger partial charge in [-0.2, -0.15) is 5.10 Å². The Bertz CT molecular complexity index is 865. The summed E-state index contributed by atoms with van der Waals surface area (Å²) in [6, 6.07) is 12.7. The molecule has 2 N–H and O–H groups in total. The summed E-state index contributed by atoms with van der Waals surface area (Å²) < 4.78 is 5.06. The molecule has 0 aliphatic rings. The summed E-state index contributed by atoms with van der Waals surface area (Å²) in [5.74, 6) is 0.305. The van der Waals surface area contributed by atoms with Crippen LogP contribution in [0.2, 0.25) is 0 Å². The van der Waals surface area contributed by atoms with Gasteiger partial charge in [-0.05, 0) is 24.4 Å². The van der Waals surface area contributed by atoms with Gasteiger partial charge in [-0.15, -0.1) is 0 Å². The first-order chi connectivity index (χ1) is 10.7. The van der Waals surface area contributed by atoms with E-state index in [1.165, 1.54) is 12.5 Å². The van der Waals surface area contributed by atoms with Gasteiger partial charge in [-0.1, -0.05) is 30.3 Å². The number of carbonyl (C=O) groups excluding carboxylic acids is 1. The number of hydrazone groups is 1. The van der Waals surface area contributed by atoms with E-state index in [0.717, 1.165) is 10.8 Å². The zero-order chi connectivity index (χ0) is 15.5. The summed E-state index contributed by atoms with van der Waals surface area (Å²) in [5, 5.41) is 15.8. The molecule has 3 aromatic rings. The zero-order valence-electron chi connectivity index (χ0n) is 11.9. The van der Waals surface area contributed by atoms with Gasteiger partial charge in [0.2, 0.25) is 0 Å². The van der Waals surface area contributed by atoms with Crippen molar-refractivity contribution in [2.45, 2.75) is 6.92 Å². The molecule has 0 radical (unpaired) electrons. The van der Waals surface area contributed by atoms with Gasteiger partial charge in [0.1, 0.15) is 11.5 Å². The van der Waals surface area contributed by atoms with Crippen LogP contribution >= 0.6 is 0 Å². The molecule has 3 rings (SSSR count). The lowest BCUT2D eigenvalue weighted by molar-refractivity contribution is 0.0953. The maximum Gasteiger partial charge on any atom is 0.274 e. The van der Waals surface area contributed by atoms with Gasteiger partial charge in [0.15, 0.2) is 0 Å². The molecule has 22 heavy (non-hydrogen) atoms. The average Bonchev–Trinajstić information content (AvgIpc) is 2.96. The number of benzene rings is 2. The lowest BCUT2D eigenvalue weighted by Crippen LogP contribution is -2.17. The van der Waals surface area contributed by atoms with Crippen molar-refractivity contribution in [2.75, 3.05) is 0 Å². The molecular weight excluding hydrogens is 280 g/mol. The molecule has 2 aromatic carbocycles. The van der Waals surface area contributed by atoms with Gasteiger partial charge >= 0.3 is 0 Å². The van der Waals surface area contributed by atoms with Gasteiger partial charge in [-0.25, -0.2) is 5.43 Å². The van der Waals surface area contributed by atoms with Crippen LogP contribution in [-0.4, -0.2) is 17.2 Å². The molecule has 0 atom stereocenters. The van der Waals surface area contributed by atoms with E-state index < -0.39 is 0 Å². The van der Waals surface area contributed by atoms with E-state index in [2.05, 4.69) is 10.5 Å². The molecule has 110 valence electrons. The Morgan fingerprint density at radius 1 is 1.23 bits per heavy atom. The highest BCUT2D eigenvalue weighted by Crippen LogP contribution is 2.27. The van der Waals surface area contributed by atoms with Crippen molar-refractivity contribution < 1.29 is 14.3 Å². The fraction of sp³-hybridized carbons (Fsp3) is 0.0588. The molecular formula is C17H14N2O3. The largest absolute Gasteiger partial charge is 0.507 e. The first-order valence-electron chi connectivity index (χ1n) is 6.75. The topological polar surface area (TPSA) is 74.8 Å². The third-order valence-electron chi connectivity index (χ3n) is 3.40. The number of aromatic hydroxyl groups is 1. The molecule has 1 heterocycles. The van der Waals surface area contributed by atoms with Crippen LogP contribution in [0.5, 0.6) is 5.75 Å². The minimum absolute atomic E-state index is 0.135. The van der Waals surface area contributed by atoms with E-state index in [-0.39, 0.29) is 11.7 Å². The Hall–Kier alpha value is -3.08. The Balaban J connectivity index is 1.80. The summed E-state index contributed by atoms with van der Waals surface area (Å²) in [5.41, 5.74) is 3.37. The fourth-order valence-electron chi connectivity index (χ4n) is 2.22. The number of aryl methyl sites for hydroxylation is 1. The second kappa shape index (κ2) is 5.73. The van der Waals surface area contributed by atoms with Crippen molar-refractivity contribution in [3.8, 4) is 5.75 Å². The van der Waals surface area contributed by atoms with Crippen LogP contribution in [0.25, 0.3) is 10.8 Å². The molecule has 1 aromatic heterocycles. The molecule has 0 aliphatic heterocycles. The van der Waals surface area contributed by atoms with Gasteiger partial charge in [0, 0.05) is 10.9 Å². The number of hydrogen-bond acceptors (Lipinski definition) is 4. The highest BCUT2D eigenvalue weighted by molar-refractivity contribution is 5.98. The summed E-state index contributed by atoms with van der Waals surface area (Å²) in [6.07, 6.45) is 2.86. The molecule has 1 amide bonds. The smallest absolute Gasteiger partial charge is 0.274 e. The van der Waals surface area contributed by atoms with Crippen LogP contribution in [0, 0.1) is 6.92 Å². The average molecular weight is 294 g/mol. The van der Waals surface area contributed by atoms with Gasteiger partial charge in [0.25, 0.3) is 5.91 Å². The van der Waals surface area contributed by atoms with Gasteiger partial charge in [-0.3, -0.25) is 4.79 Å². The number of nitrogens with zero attached hydrogens (tertiary/aromatic N) is 1. The summed E-state index contributed by atoms with van der Waals surface area (Å²) in [6.45, 7) is 1.70. The number of hydrogen-bond donors (Lipinski definition) is 2. The van der Waals surface area contributed by atoms with Crippen LogP contribution in [0.15, 0.2) is 58.2 Å². The van der Waals surface area contributed by atoms with Crippen LogP contribution < -0.4 is 5.43 Å². The summed E-state index contributed by atoms with van der Waals surface area (Å²) in [4.78, 5) is 11.9. The maximum atomic E-state index is 11.9. The lowest BCUT2D eigenvalue weighted by Gasteiger charge is -2.04. The van der Waals surface area contributed by atoms with Gasteiger partial charge in [0.05, 0.1) is 18.0 Å². The Labute approximate surface area is 126 Å². The van der Waals surface area contributed by atoms with E-state index >= 15 is 0 Å². The molecule has 5 nitrogen and oxygen atoms in total. The third-order valence-corrected chi connectivity index (χ3v) is 3.40. The van der Waals surface area contributed by atoms with Crippen LogP contribution in [-0.2, 0) is 0 Å². The standard InChI is InChI=1S/C17H14N2O3/c1-11-14(8-9-22-11)17(21)19-18-10-13-7-6-12-4-2-3-5-15(12)16(13)20/h2-10,20H,1H3,(H,19,21)/b18-10-. The number of phenolic OH excluding ortho intramolecular Hbond substituents is 1. The predicted molar refractivity (Wildman–Crippen MR) is 84.1 cm³/mol. The van der Waals surface area contributed by atoms with Crippen LogP contribution in [0.3, 0.4) is 0 Å². The van der Waals surface area contributed by atoms with Crippen molar-refractivity contribution in [2.24, 2.45) is 5.10 Å². The molecule has 0 spiro atoms. The molecule has 0 bridgehead atoms. The number of rotatable bonds is 3. The lowest BCUT2D eigenvalue weighted by atomic mass is 10.1. The number of amides is 1. The number of fused-ring (bicyclic) bond motifs is 1. The SMILES string of the molecule is Cc1occc1C(=O)N/N=C\c1ccc2ccccc2c1O. The van der Waals surface area contributed by atoms with Gasteiger partial charge < -0.3 is 9.52 Å². The Morgan fingerprint density at radius 3 is 2.82 bits per heavy atom. The Kier molecular flexibility index (Phi) is 3.62. The molecule has 0 saturated carbocycles. The number of furan rings is 1. The fourth-order valence-corrected chi connectivity index (χ4v) is 2.22. The predicted octanol–water partition coefficient (Wildman–Crippen LogP) is 3.21.